The zero-order valence-corrected chi connectivity index (χ0v) is 20.3. The van der Waals surface area contributed by atoms with Crippen LogP contribution < -0.4 is 10.1 Å². The summed E-state index contributed by atoms with van der Waals surface area (Å²) in [4.78, 5) is 9.68. The fourth-order valence-corrected chi connectivity index (χ4v) is 3.82. The summed E-state index contributed by atoms with van der Waals surface area (Å²) < 4.78 is 11.4. The highest BCUT2D eigenvalue weighted by Gasteiger charge is 2.19. The molecule has 2 aliphatic heterocycles. The molecule has 164 valence electrons. The predicted octanol–water partition coefficient (Wildman–Crippen LogP) is 3.21. The number of piperidine rings is 1. The molecule has 7 heteroatoms. The van der Waals surface area contributed by atoms with Crippen LogP contribution in [0.4, 0.5) is 0 Å². The van der Waals surface area contributed by atoms with Crippen molar-refractivity contribution in [2.45, 2.75) is 33.2 Å². The van der Waals surface area contributed by atoms with E-state index in [2.05, 4.69) is 47.2 Å². The fourth-order valence-electron chi connectivity index (χ4n) is 3.82. The maximum atomic E-state index is 5.98. The molecule has 0 aliphatic carbocycles. The highest BCUT2D eigenvalue weighted by atomic mass is 127. The van der Waals surface area contributed by atoms with Crippen LogP contribution in [0.25, 0.3) is 0 Å². The Morgan fingerprint density at radius 1 is 1.28 bits per heavy atom. The van der Waals surface area contributed by atoms with E-state index >= 15 is 0 Å². The van der Waals surface area contributed by atoms with Crippen molar-refractivity contribution in [2.75, 3.05) is 59.1 Å². The van der Waals surface area contributed by atoms with Crippen LogP contribution in [0.15, 0.2) is 29.3 Å². The van der Waals surface area contributed by atoms with Crippen LogP contribution in [0, 0.1) is 5.92 Å². The smallest absolute Gasteiger partial charge is 0.194 e. The molecule has 0 radical (unpaired) electrons. The summed E-state index contributed by atoms with van der Waals surface area (Å²) in [6, 6.07) is 8.33. The molecule has 0 spiro atoms. The molecule has 0 saturated carbocycles. The molecule has 1 aromatic carbocycles. The summed E-state index contributed by atoms with van der Waals surface area (Å²) in [7, 11) is 0. The minimum absolute atomic E-state index is 0. The third-order valence-electron chi connectivity index (χ3n) is 5.38. The highest BCUT2D eigenvalue weighted by molar-refractivity contribution is 14.0. The zero-order valence-electron chi connectivity index (χ0n) is 17.9. The Labute approximate surface area is 193 Å². The maximum Gasteiger partial charge on any atom is 0.194 e. The topological polar surface area (TPSA) is 49.3 Å². The van der Waals surface area contributed by atoms with Crippen molar-refractivity contribution in [2.24, 2.45) is 10.9 Å². The number of morpholine rings is 1. The molecule has 1 unspecified atom stereocenters. The Morgan fingerprint density at radius 3 is 2.86 bits per heavy atom. The molecule has 2 aliphatic rings. The Balaban J connectivity index is 0.00000300. The minimum atomic E-state index is 0. The van der Waals surface area contributed by atoms with Gasteiger partial charge >= 0.3 is 0 Å². The third kappa shape index (κ3) is 8.30. The van der Waals surface area contributed by atoms with Crippen LogP contribution in [0.3, 0.4) is 0 Å². The Kier molecular flexibility index (Phi) is 11.1. The molecule has 0 aromatic heterocycles. The molecule has 6 nitrogen and oxygen atoms in total. The van der Waals surface area contributed by atoms with Gasteiger partial charge in [0.15, 0.2) is 5.96 Å². The Bertz CT molecular complexity index is 623. The highest BCUT2D eigenvalue weighted by Crippen LogP contribution is 2.17. The molecule has 1 aromatic rings. The molecule has 0 bridgehead atoms. The molecule has 0 amide bonds. The van der Waals surface area contributed by atoms with Crippen molar-refractivity contribution in [1.29, 1.82) is 0 Å². The van der Waals surface area contributed by atoms with Gasteiger partial charge in [-0.2, -0.15) is 0 Å². The van der Waals surface area contributed by atoms with Crippen LogP contribution in [0.2, 0.25) is 0 Å². The number of likely N-dealkylation sites (tertiary alicyclic amines) is 1. The average molecular weight is 516 g/mol. The van der Waals surface area contributed by atoms with Gasteiger partial charge in [-0.15, -0.1) is 24.0 Å². The molecule has 2 saturated heterocycles. The largest absolute Gasteiger partial charge is 0.492 e. The lowest BCUT2D eigenvalue weighted by Gasteiger charge is -2.33. The molecule has 29 heavy (non-hydrogen) atoms. The van der Waals surface area contributed by atoms with Crippen LogP contribution in [0.5, 0.6) is 5.75 Å². The first-order chi connectivity index (χ1) is 13.7. The van der Waals surface area contributed by atoms with Gasteiger partial charge in [-0.05, 0) is 43.4 Å². The van der Waals surface area contributed by atoms with Gasteiger partial charge in [0, 0.05) is 39.3 Å². The van der Waals surface area contributed by atoms with Gasteiger partial charge in [0.25, 0.3) is 0 Å². The fraction of sp³-hybridized carbons (Fsp3) is 0.682. The zero-order chi connectivity index (χ0) is 19.6. The van der Waals surface area contributed by atoms with E-state index in [0.717, 1.165) is 70.1 Å². The molecule has 2 heterocycles. The predicted molar refractivity (Wildman–Crippen MR) is 129 cm³/mol. The minimum Gasteiger partial charge on any atom is -0.492 e. The number of nitrogens with zero attached hydrogens (tertiary/aromatic N) is 3. The molecule has 1 N–H and O–H groups in total. The lowest BCUT2D eigenvalue weighted by atomic mass is 10.0. The molecule has 2 fully saturated rings. The maximum absolute atomic E-state index is 5.98. The van der Waals surface area contributed by atoms with Gasteiger partial charge < -0.3 is 19.7 Å². The summed E-state index contributed by atoms with van der Waals surface area (Å²) in [5.41, 5.74) is 1.18. The number of hydrogen-bond donors (Lipinski definition) is 1. The first-order valence-corrected chi connectivity index (χ1v) is 10.8. The SMILES string of the molecule is CCNC(=NCc1cccc(OCCN2CCOCC2)c1)N1CCCC(C)C1.I. The number of hydrogen-bond acceptors (Lipinski definition) is 4. The number of nitrogens with one attached hydrogen (secondary N) is 1. The standard InChI is InChI=1S/C22H36N4O2.HI/c1-3-23-22(26-9-5-6-19(2)18-26)24-17-20-7-4-8-21(16-20)28-15-12-25-10-13-27-14-11-25;/h4,7-8,16,19H,3,5-6,9-15,17-18H2,1-2H3,(H,23,24);1H. The molecule has 3 rings (SSSR count). The van der Waals surface area contributed by atoms with E-state index in [9.17, 15) is 0 Å². The van der Waals surface area contributed by atoms with Crippen molar-refractivity contribution in [3.63, 3.8) is 0 Å². The van der Waals surface area contributed by atoms with E-state index in [0.29, 0.717) is 13.2 Å². The van der Waals surface area contributed by atoms with Gasteiger partial charge in [0.1, 0.15) is 12.4 Å². The second-order valence-electron chi connectivity index (χ2n) is 7.81. The number of rotatable bonds is 7. The number of guanidine groups is 1. The van der Waals surface area contributed by atoms with Crippen molar-refractivity contribution in [3.05, 3.63) is 29.8 Å². The van der Waals surface area contributed by atoms with Gasteiger partial charge in [-0.1, -0.05) is 19.1 Å². The van der Waals surface area contributed by atoms with Crippen molar-refractivity contribution >= 4 is 29.9 Å². The van der Waals surface area contributed by atoms with Gasteiger partial charge in [0.2, 0.25) is 0 Å². The van der Waals surface area contributed by atoms with E-state index in [1.807, 2.05) is 6.07 Å². The van der Waals surface area contributed by atoms with Gasteiger partial charge in [0.05, 0.1) is 19.8 Å². The molecular formula is C22H37IN4O2. The number of benzene rings is 1. The summed E-state index contributed by atoms with van der Waals surface area (Å²) in [6.45, 7) is 13.5. The quantitative estimate of drug-likeness (QED) is 0.343. The third-order valence-corrected chi connectivity index (χ3v) is 5.38. The first-order valence-electron chi connectivity index (χ1n) is 10.8. The van der Waals surface area contributed by atoms with Crippen LogP contribution in [0.1, 0.15) is 32.3 Å². The van der Waals surface area contributed by atoms with Crippen molar-refractivity contribution < 1.29 is 9.47 Å². The number of aliphatic imine (C=N–C) groups is 1. The van der Waals surface area contributed by atoms with Crippen LogP contribution >= 0.6 is 24.0 Å². The van der Waals surface area contributed by atoms with E-state index in [-0.39, 0.29) is 24.0 Å². The summed E-state index contributed by atoms with van der Waals surface area (Å²) >= 11 is 0. The van der Waals surface area contributed by atoms with E-state index in [1.165, 1.54) is 18.4 Å². The second-order valence-corrected chi connectivity index (χ2v) is 7.81. The van der Waals surface area contributed by atoms with Crippen LogP contribution in [-0.4, -0.2) is 74.8 Å². The van der Waals surface area contributed by atoms with Crippen molar-refractivity contribution in [1.82, 2.24) is 15.1 Å². The number of halogens is 1. The second kappa shape index (κ2) is 13.3. The monoisotopic (exact) mass is 516 g/mol. The molecule has 1 atom stereocenters. The Hall–Kier alpha value is -1.06. The normalized spacial score (nSPS) is 20.8. The van der Waals surface area contributed by atoms with Gasteiger partial charge in [-0.25, -0.2) is 4.99 Å². The Morgan fingerprint density at radius 2 is 2.10 bits per heavy atom. The van der Waals surface area contributed by atoms with E-state index in [4.69, 9.17) is 14.5 Å². The summed E-state index contributed by atoms with van der Waals surface area (Å²) in [5.74, 6) is 2.70. The van der Waals surface area contributed by atoms with E-state index < -0.39 is 0 Å². The average Bonchev–Trinajstić information content (AvgIpc) is 2.72. The molecular weight excluding hydrogens is 479 g/mol. The number of ether oxygens (including phenoxy) is 2. The summed E-state index contributed by atoms with van der Waals surface area (Å²) in [6.07, 6.45) is 2.57. The van der Waals surface area contributed by atoms with Crippen molar-refractivity contribution in [3.8, 4) is 5.75 Å². The van der Waals surface area contributed by atoms with Gasteiger partial charge in [-0.3, -0.25) is 4.90 Å². The summed E-state index contributed by atoms with van der Waals surface area (Å²) in [5, 5.41) is 3.46. The van der Waals surface area contributed by atoms with E-state index in [1.54, 1.807) is 0 Å². The first kappa shape index (κ1) is 24.2. The lowest BCUT2D eigenvalue weighted by molar-refractivity contribution is 0.0322. The van der Waals surface area contributed by atoms with Crippen LogP contribution in [-0.2, 0) is 11.3 Å². The lowest BCUT2D eigenvalue weighted by Crippen LogP contribution is -2.46.